The van der Waals surface area contributed by atoms with E-state index in [0.29, 0.717) is 5.92 Å². The minimum absolute atomic E-state index is 0.181. The van der Waals surface area contributed by atoms with Gasteiger partial charge in [-0.15, -0.1) is 0 Å². The zero-order valence-electron chi connectivity index (χ0n) is 12.9. The van der Waals surface area contributed by atoms with Crippen LogP contribution in [-0.4, -0.2) is 29.3 Å². The summed E-state index contributed by atoms with van der Waals surface area (Å²) in [7, 11) is 0. The number of nitrogens with zero attached hydrogens (tertiary/aromatic N) is 2. The first-order chi connectivity index (χ1) is 10.8. The Kier molecular flexibility index (Phi) is 5.07. The van der Waals surface area contributed by atoms with Gasteiger partial charge in [0.05, 0.1) is 6.10 Å². The summed E-state index contributed by atoms with van der Waals surface area (Å²) < 4.78 is 0. The second-order valence-corrected chi connectivity index (χ2v) is 6.12. The molecule has 0 saturated carbocycles. The number of aryl methyl sites for hydroxylation is 1. The fourth-order valence-corrected chi connectivity index (χ4v) is 3.29. The van der Waals surface area contributed by atoms with Crippen molar-refractivity contribution in [3.8, 4) is 0 Å². The summed E-state index contributed by atoms with van der Waals surface area (Å²) in [6.45, 7) is 2.05. The molecule has 2 heterocycles. The van der Waals surface area contributed by atoms with Crippen molar-refractivity contribution < 1.29 is 5.11 Å². The van der Waals surface area contributed by atoms with Gasteiger partial charge in [0.25, 0.3) is 0 Å². The van der Waals surface area contributed by atoms with Crippen molar-refractivity contribution in [2.24, 2.45) is 5.92 Å². The average molecular weight is 296 g/mol. The highest BCUT2D eigenvalue weighted by molar-refractivity contribution is 5.44. The van der Waals surface area contributed by atoms with Crippen LogP contribution in [0.5, 0.6) is 0 Å². The van der Waals surface area contributed by atoms with E-state index in [1.807, 2.05) is 18.5 Å². The van der Waals surface area contributed by atoms with Gasteiger partial charge < -0.3 is 10.0 Å². The van der Waals surface area contributed by atoms with Crippen LogP contribution in [0.4, 0.5) is 5.69 Å². The monoisotopic (exact) mass is 296 g/mol. The molecule has 0 radical (unpaired) electrons. The SMILES string of the molecule is O[C@H](CCc1ccccc1)C1CCN(c2ccncc2)CC1. The lowest BCUT2D eigenvalue weighted by atomic mass is 9.88. The summed E-state index contributed by atoms with van der Waals surface area (Å²) in [6.07, 6.45) is 7.47. The molecule has 1 saturated heterocycles. The van der Waals surface area contributed by atoms with Crippen LogP contribution >= 0.6 is 0 Å². The van der Waals surface area contributed by atoms with Gasteiger partial charge in [0, 0.05) is 31.2 Å². The third-order valence-corrected chi connectivity index (χ3v) is 4.68. The van der Waals surface area contributed by atoms with Gasteiger partial charge in [-0.25, -0.2) is 0 Å². The summed E-state index contributed by atoms with van der Waals surface area (Å²) in [4.78, 5) is 6.46. The number of piperidine rings is 1. The van der Waals surface area contributed by atoms with Gasteiger partial charge in [-0.05, 0) is 49.3 Å². The largest absolute Gasteiger partial charge is 0.393 e. The molecule has 0 amide bonds. The van der Waals surface area contributed by atoms with E-state index in [9.17, 15) is 5.11 Å². The Bertz CT molecular complexity index is 550. The number of aromatic nitrogens is 1. The molecular weight excluding hydrogens is 272 g/mol. The highest BCUT2D eigenvalue weighted by Crippen LogP contribution is 2.26. The lowest BCUT2D eigenvalue weighted by Gasteiger charge is -2.35. The third kappa shape index (κ3) is 3.86. The number of rotatable bonds is 5. The molecule has 0 spiro atoms. The molecule has 2 aromatic rings. The Morgan fingerprint density at radius 3 is 2.41 bits per heavy atom. The summed E-state index contributed by atoms with van der Waals surface area (Å²) in [5, 5.41) is 10.5. The Morgan fingerprint density at radius 1 is 1.05 bits per heavy atom. The second kappa shape index (κ2) is 7.41. The van der Waals surface area contributed by atoms with Gasteiger partial charge in [-0.1, -0.05) is 30.3 Å². The lowest BCUT2D eigenvalue weighted by Crippen LogP contribution is -2.38. The molecule has 0 aliphatic carbocycles. The van der Waals surface area contributed by atoms with Crippen LogP contribution in [0.2, 0.25) is 0 Å². The number of hydrogen-bond donors (Lipinski definition) is 1. The van der Waals surface area contributed by atoms with Crippen LogP contribution < -0.4 is 4.90 Å². The van der Waals surface area contributed by atoms with Crippen LogP contribution in [-0.2, 0) is 6.42 Å². The van der Waals surface area contributed by atoms with Gasteiger partial charge >= 0.3 is 0 Å². The molecule has 1 N–H and O–H groups in total. The molecule has 1 aromatic heterocycles. The number of anilines is 1. The van der Waals surface area contributed by atoms with Crippen molar-refractivity contribution in [2.75, 3.05) is 18.0 Å². The van der Waals surface area contributed by atoms with E-state index >= 15 is 0 Å². The van der Waals surface area contributed by atoms with Crippen LogP contribution in [0.15, 0.2) is 54.9 Å². The fraction of sp³-hybridized carbons (Fsp3) is 0.421. The number of benzene rings is 1. The first-order valence-electron chi connectivity index (χ1n) is 8.20. The molecule has 116 valence electrons. The molecule has 0 bridgehead atoms. The molecule has 3 heteroatoms. The Balaban J connectivity index is 1.46. The van der Waals surface area contributed by atoms with Crippen LogP contribution in [0.3, 0.4) is 0 Å². The third-order valence-electron chi connectivity index (χ3n) is 4.68. The topological polar surface area (TPSA) is 36.4 Å². The van der Waals surface area contributed by atoms with E-state index < -0.39 is 0 Å². The van der Waals surface area contributed by atoms with Crippen LogP contribution in [0.25, 0.3) is 0 Å². The summed E-state index contributed by atoms with van der Waals surface area (Å²) in [5.74, 6) is 0.432. The van der Waals surface area contributed by atoms with Crippen molar-refractivity contribution in [1.29, 1.82) is 0 Å². The predicted octanol–water partition coefficient (Wildman–Crippen LogP) is 3.29. The fourth-order valence-electron chi connectivity index (χ4n) is 3.29. The van der Waals surface area contributed by atoms with E-state index in [1.165, 1.54) is 11.3 Å². The molecule has 22 heavy (non-hydrogen) atoms. The summed E-state index contributed by atoms with van der Waals surface area (Å²) in [5.41, 5.74) is 2.56. The van der Waals surface area contributed by atoms with Gasteiger partial charge in [-0.3, -0.25) is 4.98 Å². The van der Waals surface area contributed by atoms with Crippen molar-refractivity contribution in [3.05, 3.63) is 60.4 Å². The van der Waals surface area contributed by atoms with Crippen LogP contribution in [0, 0.1) is 5.92 Å². The van der Waals surface area contributed by atoms with Crippen molar-refractivity contribution in [3.63, 3.8) is 0 Å². The summed E-state index contributed by atoms with van der Waals surface area (Å²) in [6, 6.07) is 14.6. The maximum Gasteiger partial charge on any atom is 0.0572 e. The van der Waals surface area contributed by atoms with Gasteiger partial charge in [0.15, 0.2) is 0 Å². The van der Waals surface area contributed by atoms with Gasteiger partial charge in [0.1, 0.15) is 0 Å². The number of hydrogen-bond acceptors (Lipinski definition) is 3. The van der Waals surface area contributed by atoms with Gasteiger partial charge in [-0.2, -0.15) is 0 Å². The highest BCUT2D eigenvalue weighted by atomic mass is 16.3. The number of aliphatic hydroxyl groups is 1. The van der Waals surface area contributed by atoms with Crippen molar-refractivity contribution >= 4 is 5.69 Å². The number of aliphatic hydroxyl groups excluding tert-OH is 1. The Hall–Kier alpha value is -1.87. The first kappa shape index (κ1) is 15.0. The molecule has 0 unspecified atom stereocenters. The average Bonchev–Trinajstić information content (AvgIpc) is 2.61. The predicted molar refractivity (Wildman–Crippen MR) is 89.9 cm³/mol. The Labute approximate surface area is 132 Å². The number of pyridine rings is 1. The zero-order chi connectivity index (χ0) is 15.2. The maximum absolute atomic E-state index is 10.5. The standard InChI is InChI=1S/C19H24N2O/c22-19(7-6-16-4-2-1-3-5-16)17-10-14-21(15-11-17)18-8-12-20-13-9-18/h1-5,8-9,12-13,17,19,22H,6-7,10-11,14-15H2/t19-/m1/s1. The first-order valence-corrected chi connectivity index (χ1v) is 8.20. The summed E-state index contributed by atoms with van der Waals surface area (Å²) >= 11 is 0. The quantitative estimate of drug-likeness (QED) is 0.920. The Morgan fingerprint density at radius 2 is 1.73 bits per heavy atom. The molecule has 1 aromatic carbocycles. The van der Waals surface area contributed by atoms with E-state index in [-0.39, 0.29) is 6.10 Å². The molecule has 1 aliphatic rings. The highest BCUT2D eigenvalue weighted by Gasteiger charge is 2.25. The lowest BCUT2D eigenvalue weighted by molar-refractivity contribution is 0.0850. The molecule has 3 rings (SSSR count). The molecular formula is C19H24N2O. The van der Waals surface area contributed by atoms with E-state index in [2.05, 4.69) is 46.3 Å². The van der Waals surface area contributed by atoms with E-state index in [4.69, 9.17) is 0 Å². The van der Waals surface area contributed by atoms with Crippen molar-refractivity contribution in [1.82, 2.24) is 4.98 Å². The minimum atomic E-state index is -0.181. The molecule has 1 fully saturated rings. The van der Waals surface area contributed by atoms with E-state index in [1.54, 1.807) is 0 Å². The minimum Gasteiger partial charge on any atom is -0.393 e. The van der Waals surface area contributed by atoms with Crippen molar-refractivity contribution in [2.45, 2.75) is 31.8 Å². The zero-order valence-corrected chi connectivity index (χ0v) is 12.9. The molecule has 3 nitrogen and oxygen atoms in total. The maximum atomic E-state index is 10.5. The second-order valence-electron chi connectivity index (χ2n) is 6.12. The van der Waals surface area contributed by atoms with Crippen LogP contribution in [0.1, 0.15) is 24.8 Å². The molecule has 1 aliphatic heterocycles. The van der Waals surface area contributed by atoms with E-state index in [0.717, 1.165) is 38.8 Å². The van der Waals surface area contributed by atoms with Gasteiger partial charge in [0.2, 0.25) is 0 Å². The smallest absolute Gasteiger partial charge is 0.0572 e. The molecule has 1 atom stereocenters. The normalized spacial score (nSPS) is 17.4.